The van der Waals surface area contributed by atoms with Crippen LogP contribution in [0, 0.1) is 11.3 Å². The number of hydrogen-bond donors (Lipinski definition) is 2. The summed E-state index contributed by atoms with van der Waals surface area (Å²) < 4.78 is 0. The van der Waals surface area contributed by atoms with Crippen molar-refractivity contribution in [3.63, 3.8) is 0 Å². The number of pyridine rings is 1. The number of carbonyl (C=O) groups excluding carboxylic acids is 1. The Morgan fingerprint density at radius 2 is 2.06 bits per heavy atom. The predicted molar refractivity (Wildman–Crippen MR) is 56.9 cm³/mol. The van der Waals surface area contributed by atoms with Gasteiger partial charge in [-0.2, -0.15) is 5.26 Å². The minimum atomic E-state index is -0.694. The maximum Gasteiger partial charge on any atom is 0.266 e. The zero-order chi connectivity index (χ0) is 11.7. The molecule has 1 aliphatic carbocycles. The standard InChI is InChI=1S/C11H11N3O2/c12-5-7-9(10(13)15)6-3-1-2-4-8(6)14-11(7)16/h1-4H2,(H2,13,15)(H,14,16). The minimum absolute atomic E-state index is 0.112. The number of fused-ring (bicyclic) bond motifs is 1. The molecular weight excluding hydrogens is 206 g/mol. The van der Waals surface area contributed by atoms with E-state index in [1.54, 1.807) is 6.07 Å². The number of amides is 1. The molecule has 1 aliphatic rings. The van der Waals surface area contributed by atoms with Crippen molar-refractivity contribution in [2.75, 3.05) is 0 Å². The van der Waals surface area contributed by atoms with Crippen LogP contribution in [-0.4, -0.2) is 10.9 Å². The van der Waals surface area contributed by atoms with Crippen molar-refractivity contribution in [1.82, 2.24) is 4.98 Å². The average Bonchev–Trinajstić information content (AvgIpc) is 2.26. The predicted octanol–water partition coefficient (Wildman–Crippen LogP) is 0.224. The van der Waals surface area contributed by atoms with Gasteiger partial charge in [0.05, 0.1) is 5.56 Å². The monoisotopic (exact) mass is 217 g/mol. The smallest absolute Gasteiger partial charge is 0.266 e. The highest BCUT2D eigenvalue weighted by molar-refractivity contribution is 5.97. The number of aromatic nitrogens is 1. The van der Waals surface area contributed by atoms with Crippen molar-refractivity contribution in [2.45, 2.75) is 25.7 Å². The van der Waals surface area contributed by atoms with Gasteiger partial charge in [0.1, 0.15) is 11.6 Å². The fourth-order valence-corrected chi connectivity index (χ4v) is 2.16. The average molecular weight is 217 g/mol. The molecule has 1 aromatic heterocycles. The van der Waals surface area contributed by atoms with Crippen LogP contribution < -0.4 is 11.3 Å². The third-order valence-electron chi connectivity index (χ3n) is 2.87. The highest BCUT2D eigenvalue weighted by atomic mass is 16.1. The molecule has 0 spiro atoms. The molecule has 16 heavy (non-hydrogen) atoms. The first kappa shape index (κ1) is 10.4. The Bertz CT molecular complexity index is 552. The Labute approximate surface area is 91.9 Å². The lowest BCUT2D eigenvalue weighted by Crippen LogP contribution is -2.27. The van der Waals surface area contributed by atoms with Crippen molar-refractivity contribution in [1.29, 1.82) is 5.26 Å². The second-order valence-corrected chi connectivity index (χ2v) is 3.84. The molecule has 0 unspecified atom stereocenters. The van der Waals surface area contributed by atoms with E-state index in [1.807, 2.05) is 0 Å². The number of nitrogens with one attached hydrogen (secondary N) is 1. The number of rotatable bonds is 1. The SMILES string of the molecule is N#Cc1c(C(N)=O)c2c([nH]c1=O)CCCC2. The van der Waals surface area contributed by atoms with Crippen molar-refractivity contribution < 1.29 is 4.79 Å². The van der Waals surface area contributed by atoms with Crippen LogP contribution in [-0.2, 0) is 12.8 Å². The number of aromatic amines is 1. The number of nitrogens with zero attached hydrogens (tertiary/aromatic N) is 1. The summed E-state index contributed by atoms with van der Waals surface area (Å²) in [6, 6.07) is 1.75. The van der Waals surface area contributed by atoms with E-state index in [1.165, 1.54) is 0 Å². The van der Waals surface area contributed by atoms with Crippen LogP contribution in [0.5, 0.6) is 0 Å². The summed E-state index contributed by atoms with van der Waals surface area (Å²) in [4.78, 5) is 25.5. The topological polar surface area (TPSA) is 99.7 Å². The molecule has 0 fully saturated rings. The summed E-state index contributed by atoms with van der Waals surface area (Å²) in [6.07, 6.45) is 3.35. The molecule has 3 N–H and O–H groups in total. The van der Waals surface area contributed by atoms with Gasteiger partial charge in [0.15, 0.2) is 0 Å². The Hall–Kier alpha value is -2.09. The molecule has 0 radical (unpaired) electrons. The molecule has 5 nitrogen and oxygen atoms in total. The normalized spacial score (nSPS) is 13.9. The number of nitrogens with two attached hydrogens (primary N) is 1. The van der Waals surface area contributed by atoms with Crippen molar-refractivity contribution in [2.24, 2.45) is 5.73 Å². The molecule has 0 aromatic carbocycles. The Balaban J connectivity index is 2.80. The number of aryl methyl sites for hydroxylation is 1. The maximum absolute atomic E-state index is 11.6. The molecule has 2 rings (SSSR count). The Kier molecular flexibility index (Phi) is 2.49. The number of nitriles is 1. The van der Waals surface area contributed by atoms with Gasteiger partial charge in [0, 0.05) is 5.69 Å². The third-order valence-corrected chi connectivity index (χ3v) is 2.87. The summed E-state index contributed by atoms with van der Waals surface area (Å²) >= 11 is 0. The molecule has 5 heteroatoms. The summed E-state index contributed by atoms with van der Waals surface area (Å²) in [6.45, 7) is 0. The van der Waals surface area contributed by atoms with E-state index in [0.717, 1.165) is 30.5 Å². The Morgan fingerprint density at radius 1 is 1.38 bits per heavy atom. The molecular formula is C11H11N3O2. The second-order valence-electron chi connectivity index (χ2n) is 3.84. The molecule has 82 valence electrons. The number of primary amides is 1. The lowest BCUT2D eigenvalue weighted by atomic mass is 9.90. The highest BCUT2D eigenvalue weighted by Crippen LogP contribution is 2.22. The van der Waals surface area contributed by atoms with E-state index in [4.69, 9.17) is 11.0 Å². The van der Waals surface area contributed by atoms with Gasteiger partial charge in [-0.15, -0.1) is 0 Å². The van der Waals surface area contributed by atoms with Crippen LogP contribution in [0.3, 0.4) is 0 Å². The van der Waals surface area contributed by atoms with Crippen molar-refractivity contribution in [3.8, 4) is 6.07 Å². The lowest BCUT2D eigenvalue weighted by molar-refractivity contribution is 0.0998. The van der Waals surface area contributed by atoms with Crippen molar-refractivity contribution >= 4 is 5.91 Å². The van der Waals surface area contributed by atoms with E-state index in [0.29, 0.717) is 6.42 Å². The highest BCUT2D eigenvalue weighted by Gasteiger charge is 2.22. The first-order chi connectivity index (χ1) is 7.65. The van der Waals surface area contributed by atoms with E-state index >= 15 is 0 Å². The van der Waals surface area contributed by atoms with E-state index < -0.39 is 11.5 Å². The molecule has 0 bridgehead atoms. The zero-order valence-electron chi connectivity index (χ0n) is 8.67. The third kappa shape index (κ3) is 1.48. The summed E-state index contributed by atoms with van der Waals surface area (Å²) in [7, 11) is 0. The van der Waals surface area contributed by atoms with Crippen LogP contribution in [0.25, 0.3) is 0 Å². The summed E-state index contributed by atoms with van der Waals surface area (Å²) in [5.74, 6) is -0.694. The van der Waals surface area contributed by atoms with Gasteiger partial charge in [-0.3, -0.25) is 9.59 Å². The first-order valence-corrected chi connectivity index (χ1v) is 5.13. The van der Waals surface area contributed by atoms with Crippen LogP contribution in [0.15, 0.2) is 4.79 Å². The fraction of sp³-hybridized carbons (Fsp3) is 0.364. The van der Waals surface area contributed by atoms with E-state index in [-0.39, 0.29) is 11.1 Å². The largest absolute Gasteiger partial charge is 0.366 e. The van der Waals surface area contributed by atoms with Crippen LogP contribution in [0.1, 0.15) is 40.0 Å². The van der Waals surface area contributed by atoms with Gasteiger partial charge in [0.2, 0.25) is 0 Å². The van der Waals surface area contributed by atoms with Crippen molar-refractivity contribution in [3.05, 3.63) is 32.7 Å². The molecule has 1 aromatic rings. The van der Waals surface area contributed by atoms with Gasteiger partial charge in [0.25, 0.3) is 11.5 Å². The van der Waals surface area contributed by atoms with Crippen LogP contribution >= 0.6 is 0 Å². The Morgan fingerprint density at radius 3 is 2.69 bits per heavy atom. The zero-order valence-corrected chi connectivity index (χ0v) is 8.67. The minimum Gasteiger partial charge on any atom is -0.366 e. The number of H-pyrrole nitrogens is 1. The lowest BCUT2D eigenvalue weighted by Gasteiger charge is -2.18. The van der Waals surface area contributed by atoms with Crippen LogP contribution in [0.2, 0.25) is 0 Å². The summed E-state index contributed by atoms with van der Waals surface area (Å²) in [5.41, 5.74) is 6.18. The first-order valence-electron chi connectivity index (χ1n) is 5.13. The van der Waals surface area contributed by atoms with Crippen LogP contribution in [0.4, 0.5) is 0 Å². The molecule has 1 amide bonds. The number of carbonyl (C=O) groups is 1. The molecule has 1 heterocycles. The molecule has 0 aliphatic heterocycles. The van der Waals surface area contributed by atoms with Gasteiger partial charge >= 0.3 is 0 Å². The van der Waals surface area contributed by atoms with E-state index in [9.17, 15) is 9.59 Å². The van der Waals surface area contributed by atoms with Gasteiger partial charge < -0.3 is 10.7 Å². The van der Waals surface area contributed by atoms with E-state index in [2.05, 4.69) is 4.98 Å². The van der Waals surface area contributed by atoms with Gasteiger partial charge in [-0.1, -0.05) is 0 Å². The molecule has 0 saturated carbocycles. The maximum atomic E-state index is 11.6. The molecule has 0 saturated heterocycles. The van der Waals surface area contributed by atoms with Gasteiger partial charge in [-0.05, 0) is 31.2 Å². The second kappa shape index (κ2) is 3.81. The summed E-state index contributed by atoms with van der Waals surface area (Å²) in [5, 5.41) is 8.87. The van der Waals surface area contributed by atoms with Gasteiger partial charge in [-0.25, -0.2) is 0 Å². The number of hydrogen-bond acceptors (Lipinski definition) is 3. The quantitative estimate of drug-likeness (QED) is 0.703. The fourth-order valence-electron chi connectivity index (χ4n) is 2.16. The molecule has 0 atom stereocenters.